The van der Waals surface area contributed by atoms with Gasteiger partial charge < -0.3 is 35.1 Å². The average Bonchev–Trinajstić information content (AvgIpc) is 3.11. The van der Waals surface area contributed by atoms with Crippen LogP contribution in [0.4, 0.5) is 9.59 Å². The molecule has 18 heteroatoms. The zero-order valence-corrected chi connectivity index (χ0v) is 33.6. The largest absolute Gasteiger partial charge is 0.726 e. The van der Waals surface area contributed by atoms with Crippen LogP contribution in [-0.2, 0) is 42.4 Å². The summed E-state index contributed by atoms with van der Waals surface area (Å²) in [6, 6.07) is 19.8. The van der Waals surface area contributed by atoms with Crippen LogP contribution in [0.3, 0.4) is 0 Å². The summed E-state index contributed by atoms with van der Waals surface area (Å²) in [5.41, 5.74) is 4.88. The first-order valence-corrected chi connectivity index (χ1v) is 18.8. The number of alkyl carbamates (subject to hydrolysis) is 2. The average molecular weight is 802 g/mol. The van der Waals surface area contributed by atoms with Gasteiger partial charge in [0.15, 0.2) is 0 Å². The number of benzene rings is 2. The SMILES string of the molecule is COC(=O)N[C@H](C(=O)N[C@@H](Cc1ccccc1)[C@@H](O)CN(Cc1ccc(-c2ccccn2)cc1)NC(=O)[C@@H](NC(=O)OC)C(C)(C)C)C(C)(C)C.O=S(=O)([O-])O. The van der Waals surface area contributed by atoms with Gasteiger partial charge in [-0.1, -0.05) is 102 Å². The number of aliphatic hydroxyl groups is 1. The molecule has 56 heavy (non-hydrogen) atoms. The predicted molar refractivity (Wildman–Crippen MR) is 206 cm³/mol. The molecule has 0 aliphatic rings. The number of aliphatic hydroxyl groups excluding tert-OH is 1. The maximum atomic E-state index is 13.8. The number of aromatic nitrogens is 1. The van der Waals surface area contributed by atoms with Crippen LogP contribution in [0, 0.1) is 10.8 Å². The molecule has 308 valence electrons. The number of hydrazine groups is 1. The molecule has 0 aliphatic carbocycles. The number of hydrogen-bond acceptors (Lipinski definition) is 12. The van der Waals surface area contributed by atoms with Crippen molar-refractivity contribution in [2.75, 3.05) is 20.8 Å². The Bertz CT molecular complexity index is 1810. The van der Waals surface area contributed by atoms with E-state index in [9.17, 15) is 24.3 Å². The third kappa shape index (κ3) is 17.1. The summed E-state index contributed by atoms with van der Waals surface area (Å²) in [7, 11) is -2.48. The van der Waals surface area contributed by atoms with Crippen LogP contribution >= 0.6 is 0 Å². The molecule has 2 aromatic carbocycles. The first kappa shape index (κ1) is 47.0. The summed E-state index contributed by atoms with van der Waals surface area (Å²) in [5.74, 6) is -1.03. The Hall–Kier alpha value is -5.14. The molecule has 0 spiro atoms. The molecule has 0 radical (unpaired) electrons. The van der Waals surface area contributed by atoms with Gasteiger partial charge in [-0.15, -0.1) is 0 Å². The Labute approximate surface area is 328 Å². The van der Waals surface area contributed by atoms with Gasteiger partial charge >= 0.3 is 12.2 Å². The molecule has 6 N–H and O–H groups in total. The molecule has 4 amide bonds. The van der Waals surface area contributed by atoms with Crippen LogP contribution in [0.1, 0.15) is 52.7 Å². The third-order valence-electron chi connectivity index (χ3n) is 8.21. The second-order valence-corrected chi connectivity index (χ2v) is 15.8. The van der Waals surface area contributed by atoms with Crippen LogP contribution in [-0.4, -0.2) is 102 Å². The number of methoxy groups -OCH3 is 2. The lowest BCUT2D eigenvalue weighted by atomic mass is 9.85. The predicted octanol–water partition coefficient (Wildman–Crippen LogP) is 3.22. The van der Waals surface area contributed by atoms with E-state index in [1.54, 1.807) is 32.0 Å². The highest BCUT2D eigenvalue weighted by Crippen LogP contribution is 2.23. The fourth-order valence-corrected chi connectivity index (χ4v) is 5.38. The molecular weight excluding hydrogens is 749 g/mol. The molecule has 17 nitrogen and oxygen atoms in total. The molecule has 0 saturated carbocycles. The molecule has 0 aliphatic heterocycles. The van der Waals surface area contributed by atoms with E-state index in [2.05, 4.69) is 26.4 Å². The molecule has 0 unspecified atom stereocenters. The number of rotatable bonds is 14. The molecule has 1 aromatic heterocycles. The normalized spacial score (nSPS) is 13.8. The number of carbonyl (C=O) groups excluding carboxylic acids is 4. The number of hydrogen-bond donors (Lipinski definition) is 6. The minimum atomic E-state index is -4.92. The highest BCUT2D eigenvalue weighted by Gasteiger charge is 2.37. The monoisotopic (exact) mass is 801 g/mol. The number of nitrogens with zero attached hydrogens (tertiary/aromatic N) is 2. The highest BCUT2D eigenvalue weighted by atomic mass is 32.3. The fourth-order valence-electron chi connectivity index (χ4n) is 5.38. The van der Waals surface area contributed by atoms with E-state index < -0.39 is 69.5 Å². The van der Waals surface area contributed by atoms with Gasteiger partial charge in [-0.05, 0) is 40.5 Å². The topological polar surface area (TPSA) is 249 Å². The lowest BCUT2D eigenvalue weighted by molar-refractivity contribution is -0.132. The van der Waals surface area contributed by atoms with Crippen molar-refractivity contribution in [1.82, 2.24) is 31.4 Å². The van der Waals surface area contributed by atoms with Gasteiger partial charge in [0.05, 0.1) is 32.1 Å². The lowest BCUT2D eigenvalue weighted by Gasteiger charge is -2.35. The number of carbonyl (C=O) groups is 4. The van der Waals surface area contributed by atoms with Crippen molar-refractivity contribution in [2.45, 2.75) is 78.7 Å². The zero-order chi connectivity index (χ0) is 42.3. The van der Waals surface area contributed by atoms with Crippen molar-refractivity contribution < 1.29 is 51.3 Å². The maximum absolute atomic E-state index is 13.8. The fraction of sp³-hybridized carbons (Fsp3) is 0.447. The van der Waals surface area contributed by atoms with Gasteiger partial charge in [-0.25, -0.2) is 23.0 Å². The van der Waals surface area contributed by atoms with Crippen LogP contribution in [0.15, 0.2) is 79.0 Å². The Kier molecular flexibility index (Phi) is 17.8. The lowest BCUT2D eigenvalue weighted by Crippen LogP contribution is -2.60. The summed E-state index contributed by atoms with van der Waals surface area (Å²) < 4.78 is 42.4. The first-order valence-electron chi connectivity index (χ1n) is 17.5. The molecule has 1 heterocycles. The van der Waals surface area contributed by atoms with E-state index in [-0.39, 0.29) is 19.5 Å². The van der Waals surface area contributed by atoms with Crippen molar-refractivity contribution in [3.8, 4) is 11.3 Å². The number of pyridine rings is 1. The summed E-state index contributed by atoms with van der Waals surface area (Å²) >= 11 is 0. The minimum absolute atomic E-state index is 0.120. The molecule has 3 aromatic rings. The maximum Gasteiger partial charge on any atom is 0.407 e. The molecule has 0 bridgehead atoms. The molecule has 4 atom stereocenters. The highest BCUT2D eigenvalue weighted by molar-refractivity contribution is 7.79. The Morgan fingerprint density at radius 3 is 1.73 bits per heavy atom. The van der Waals surface area contributed by atoms with Gasteiger partial charge in [0.25, 0.3) is 5.91 Å². The van der Waals surface area contributed by atoms with E-state index in [1.807, 2.05) is 93.6 Å². The van der Waals surface area contributed by atoms with Gasteiger partial charge in [-0.2, -0.15) is 0 Å². The van der Waals surface area contributed by atoms with E-state index in [0.717, 1.165) is 22.4 Å². The molecule has 0 fully saturated rings. The Morgan fingerprint density at radius 2 is 1.27 bits per heavy atom. The second-order valence-electron chi connectivity index (χ2n) is 14.9. The summed E-state index contributed by atoms with van der Waals surface area (Å²) in [6.07, 6.45) is -0.778. The second kappa shape index (κ2) is 21.2. The van der Waals surface area contributed by atoms with Gasteiger partial charge in [0.1, 0.15) is 12.1 Å². The zero-order valence-electron chi connectivity index (χ0n) is 32.8. The van der Waals surface area contributed by atoms with Gasteiger partial charge in [-0.3, -0.25) is 24.6 Å². The van der Waals surface area contributed by atoms with E-state index >= 15 is 0 Å². The first-order chi connectivity index (χ1) is 26.0. The Balaban J connectivity index is 0.00000203. The summed E-state index contributed by atoms with van der Waals surface area (Å²) in [6.45, 7) is 10.9. The summed E-state index contributed by atoms with van der Waals surface area (Å²) in [4.78, 5) is 56.3. The van der Waals surface area contributed by atoms with Gasteiger partial charge in [0, 0.05) is 24.8 Å². The molecule has 3 rings (SSSR count). The van der Waals surface area contributed by atoms with Crippen LogP contribution in [0.25, 0.3) is 11.3 Å². The standard InChI is InChI=1S/C38H52N6O7.H2O4S/c1-37(2,3)31(41-35(48)50-7)33(46)40-29(22-25-14-10-9-11-15-25)30(45)24-44(43-34(47)32(38(4,5)6)42-36(49)51-8)23-26-17-19-27(20-18-26)28-16-12-13-21-39-28;1-5(2,3)4/h9-21,29-32,45H,22-24H2,1-8H3,(H,40,46)(H,41,48)(H,42,49)(H,43,47);(H2,1,2,3,4)/p-1/t29-,30-,31+,32+;/m0./s1. The van der Waals surface area contributed by atoms with Crippen molar-refractivity contribution >= 4 is 34.4 Å². The van der Waals surface area contributed by atoms with Crippen LogP contribution < -0.4 is 21.4 Å². The third-order valence-corrected chi connectivity index (χ3v) is 8.21. The van der Waals surface area contributed by atoms with Crippen LogP contribution in [0.5, 0.6) is 0 Å². The van der Waals surface area contributed by atoms with E-state index in [1.165, 1.54) is 14.2 Å². The number of ether oxygens (including phenoxy) is 2. The van der Waals surface area contributed by atoms with E-state index in [4.69, 9.17) is 27.0 Å². The number of amides is 4. The quantitative estimate of drug-likeness (QED) is 0.0780. The molecular formula is C38H53N6O11S-. The van der Waals surface area contributed by atoms with E-state index in [0.29, 0.717) is 0 Å². The van der Waals surface area contributed by atoms with Crippen molar-refractivity contribution in [2.24, 2.45) is 10.8 Å². The van der Waals surface area contributed by atoms with Crippen molar-refractivity contribution in [3.63, 3.8) is 0 Å². The van der Waals surface area contributed by atoms with Gasteiger partial charge in [0.2, 0.25) is 16.3 Å². The summed E-state index contributed by atoms with van der Waals surface area (Å²) in [5, 5.41) is 21.6. The van der Waals surface area contributed by atoms with Crippen molar-refractivity contribution in [3.05, 3.63) is 90.1 Å². The van der Waals surface area contributed by atoms with Crippen LogP contribution in [0.2, 0.25) is 0 Å². The minimum Gasteiger partial charge on any atom is -0.726 e. The molecule has 0 saturated heterocycles. The smallest absolute Gasteiger partial charge is 0.407 e. The Morgan fingerprint density at radius 1 is 0.768 bits per heavy atom. The number of nitrogens with one attached hydrogen (secondary N) is 4. The van der Waals surface area contributed by atoms with Crippen molar-refractivity contribution in [1.29, 1.82) is 0 Å².